The summed E-state index contributed by atoms with van der Waals surface area (Å²) in [4.78, 5) is 2.13. The van der Waals surface area contributed by atoms with Gasteiger partial charge in [-0.25, -0.2) is 0 Å². The average Bonchev–Trinajstić information content (AvgIpc) is 2.76. The van der Waals surface area contributed by atoms with Crippen molar-refractivity contribution in [2.45, 2.75) is 13.0 Å². The van der Waals surface area contributed by atoms with Crippen molar-refractivity contribution in [3.63, 3.8) is 0 Å². The summed E-state index contributed by atoms with van der Waals surface area (Å²) in [6.07, 6.45) is 6.82. The molecular weight excluding hydrogens is 276 g/mol. The van der Waals surface area contributed by atoms with E-state index in [1.165, 1.54) is 0 Å². The second kappa shape index (κ2) is 9.94. The molecular formula is C14H25ClN4O. The summed E-state index contributed by atoms with van der Waals surface area (Å²) < 4.78 is 6.91. The minimum Gasteiger partial charge on any atom is -0.383 e. The third kappa shape index (κ3) is 6.52. The van der Waals surface area contributed by atoms with Crippen LogP contribution in [0.15, 0.2) is 12.3 Å². The highest BCUT2D eigenvalue weighted by atomic mass is 35.5. The zero-order valence-electron chi connectivity index (χ0n) is 12.6. The number of ether oxygens (including phenoxy) is 1. The van der Waals surface area contributed by atoms with Gasteiger partial charge in [0, 0.05) is 20.2 Å². The molecule has 1 rings (SSSR count). The molecule has 0 aliphatic heterocycles. The number of likely N-dealkylation sites (N-methyl/N-ethyl adjacent to an activating group) is 1. The van der Waals surface area contributed by atoms with Gasteiger partial charge in [-0.15, -0.1) is 0 Å². The van der Waals surface area contributed by atoms with Gasteiger partial charge < -0.3 is 15.0 Å². The highest BCUT2D eigenvalue weighted by Gasteiger charge is 2.05. The van der Waals surface area contributed by atoms with Gasteiger partial charge >= 0.3 is 0 Å². The fraction of sp³-hybridized carbons (Fsp3) is 0.643. The number of halogens is 1. The first kappa shape index (κ1) is 17.2. The molecule has 1 aromatic heterocycles. The smallest absolute Gasteiger partial charge is 0.0859 e. The van der Waals surface area contributed by atoms with Crippen LogP contribution in [0.2, 0.25) is 5.02 Å². The van der Waals surface area contributed by atoms with E-state index in [4.69, 9.17) is 16.3 Å². The molecule has 0 atom stereocenters. The number of nitrogens with zero attached hydrogens (tertiary/aromatic N) is 3. The Labute approximate surface area is 126 Å². The van der Waals surface area contributed by atoms with Crippen LogP contribution in [0.5, 0.6) is 0 Å². The maximum atomic E-state index is 6.16. The predicted octanol–water partition coefficient (Wildman–Crippen LogP) is 1.74. The van der Waals surface area contributed by atoms with Crippen LogP contribution in [-0.2, 0) is 11.3 Å². The van der Waals surface area contributed by atoms with E-state index >= 15 is 0 Å². The highest BCUT2D eigenvalue weighted by molar-refractivity contribution is 6.31. The number of nitrogens with one attached hydrogen (secondary N) is 1. The summed E-state index contributed by atoms with van der Waals surface area (Å²) >= 11 is 6.16. The minimum absolute atomic E-state index is 0.701. The Balaban J connectivity index is 2.39. The van der Waals surface area contributed by atoms with Crippen molar-refractivity contribution in [1.29, 1.82) is 0 Å². The van der Waals surface area contributed by atoms with Crippen molar-refractivity contribution in [3.8, 4) is 0 Å². The topological polar surface area (TPSA) is 42.3 Å². The zero-order chi connectivity index (χ0) is 14.8. The van der Waals surface area contributed by atoms with Gasteiger partial charge in [0.05, 0.1) is 30.1 Å². The Bertz CT molecular complexity index is 404. The molecule has 0 aliphatic carbocycles. The lowest BCUT2D eigenvalue weighted by Crippen LogP contribution is -2.20. The van der Waals surface area contributed by atoms with Gasteiger partial charge in [-0.2, -0.15) is 5.10 Å². The third-order valence-electron chi connectivity index (χ3n) is 2.84. The van der Waals surface area contributed by atoms with Crippen LogP contribution < -0.4 is 5.32 Å². The summed E-state index contributed by atoms with van der Waals surface area (Å²) in [5.74, 6) is 0. The zero-order valence-corrected chi connectivity index (χ0v) is 13.4. The monoisotopic (exact) mass is 300 g/mol. The van der Waals surface area contributed by atoms with E-state index in [-0.39, 0.29) is 0 Å². The fourth-order valence-electron chi connectivity index (χ4n) is 1.69. The molecule has 6 heteroatoms. The molecule has 0 aliphatic rings. The molecule has 1 heterocycles. The Morgan fingerprint density at radius 2 is 2.25 bits per heavy atom. The normalized spacial score (nSPS) is 11.8. The number of rotatable bonds is 10. The van der Waals surface area contributed by atoms with E-state index in [9.17, 15) is 0 Å². The van der Waals surface area contributed by atoms with Gasteiger partial charge in [-0.1, -0.05) is 17.7 Å². The average molecular weight is 301 g/mol. The Hall–Kier alpha value is -0.880. The van der Waals surface area contributed by atoms with Gasteiger partial charge in [-0.3, -0.25) is 4.68 Å². The van der Waals surface area contributed by atoms with Crippen LogP contribution in [0.4, 0.5) is 0 Å². The summed E-state index contributed by atoms with van der Waals surface area (Å²) in [5, 5.41) is 8.30. The van der Waals surface area contributed by atoms with Gasteiger partial charge in [0.15, 0.2) is 0 Å². The predicted molar refractivity (Wildman–Crippen MR) is 84.2 cm³/mol. The minimum atomic E-state index is 0.701. The van der Waals surface area contributed by atoms with Crippen LogP contribution in [-0.4, -0.2) is 62.1 Å². The number of aromatic nitrogens is 2. The second-order valence-electron chi connectivity index (χ2n) is 4.84. The van der Waals surface area contributed by atoms with Crippen LogP contribution in [0.25, 0.3) is 6.08 Å². The molecule has 20 heavy (non-hydrogen) atoms. The summed E-state index contributed by atoms with van der Waals surface area (Å²) in [6, 6.07) is 0. The van der Waals surface area contributed by atoms with Crippen molar-refractivity contribution in [1.82, 2.24) is 20.0 Å². The van der Waals surface area contributed by atoms with Gasteiger partial charge in [0.25, 0.3) is 0 Å². The third-order valence-corrected chi connectivity index (χ3v) is 3.13. The molecule has 0 aromatic carbocycles. The summed E-state index contributed by atoms with van der Waals surface area (Å²) in [5.41, 5.74) is 0.977. The van der Waals surface area contributed by atoms with Crippen molar-refractivity contribution in [2.75, 3.05) is 47.4 Å². The molecule has 0 unspecified atom stereocenters. The lowest BCUT2D eigenvalue weighted by molar-refractivity contribution is 0.199. The van der Waals surface area contributed by atoms with E-state index in [1.807, 2.05) is 24.9 Å². The molecule has 1 N–H and O–H groups in total. The Kier molecular flexibility index (Phi) is 8.53. The molecule has 0 saturated heterocycles. The lowest BCUT2D eigenvalue weighted by Gasteiger charge is -2.10. The first-order chi connectivity index (χ1) is 9.65. The van der Waals surface area contributed by atoms with Gasteiger partial charge in [0.1, 0.15) is 0 Å². The fourth-order valence-corrected chi connectivity index (χ4v) is 1.89. The number of hydrogen-bond acceptors (Lipinski definition) is 4. The molecule has 0 spiro atoms. The Morgan fingerprint density at radius 1 is 1.45 bits per heavy atom. The second-order valence-corrected chi connectivity index (χ2v) is 5.25. The quantitative estimate of drug-likeness (QED) is 0.668. The largest absolute Gasteiger partial charge is 0.383 e. The molecule has 0 bridgehead atoms. The first-order valence-corrected chi connectivity index (χ1v) is 7.25. The molecule has 114 valence electrons. The Morgan fingerprint density at radius 3 is 2.95 bits per heavy atom. The molecule has 1 aromatic rings. The SMILES string of the molecule is COCCNCC/C=C/c1c(Cl)cnn1CCN(C)C. The van der Waals surface area contributed by atoms with E-state index < -0.39 is 0 Å². The van der Waals surface area contributed by atoms with Gasteiger partial charge in [-0.05, 0) is 33.1 Å². The molecule has 0 radical (unpaired) electrons. The molecule has 5 nitrogen and oxygen atoms in total. The van der Waals surface area contributed by atoms with E-state index in [2.05, 4.69) is 21.4 Å². The number of hydrogen-bond donors (Lipinski definition) is 1. The van der Waals surface area contributed by atoms with Crippen LogP contribution >= 0.6 is 11.6 Å². The highest BCUT2D eigenvalue weighted by Crippen LogP contribution is 2.16. The molecule has 0 amide bonds. The van der Waals surface area contributed by atoms with E-state index in [0.29, 0.717) is 5.02 Å². The van der Waals surface area contributed by atoms with Crippen LogP contribution in [0, 0.1) is 0 Å². The van der Waals surface area contributed by atoms with E-state index in [0.717, 1.165) is 44.9 Å². The van der Waals surface area contributed by atoms with Gasteiger partial charge in [0.2, 0.25) is 0 Å². The van der Waals surface area contributed by atoms with Crippen molar-refractivity contribution >= 4 is 17.7 Å². The van der Waals surface area contributed by atoms with Crippen molar-refractivity contribution < 1.29 is 4.74 Å². The first-order valence-electron chi connectivity index (χ1n) is 6.87. The maximum Gasteiger partial charge on any atom is 0.0859 e. The molecule has 0 fully saturated rings. The van der Waals surface area contributed by atoms with Crippen LogP contribution in [0.3, 0.4) is 0 Å². The standard InChI is InChI=1S/C14H25ClN4O/c1-18(2)9-10-19-14(13(15)12-17-19)6-4-5-7-16-8-11-20-3/h4,6,12,16H,5,7-11H2,1-3H3/b6-4+. The maximum absolute atomic E-state index is 6.16. The van der Waals surface area contributed by atoms with Crippen molar-refractivity contribution in [2.24, 2.45) is 0 Å². The molecule has 0 saturated carbocycles. The number of methoxy groups -OCH3 is 1. The summed E-state index contributed by atoms with van der Waals surface area (Å²) in [6.45, 7) is 4.34. The lowest BCUT2D eigenvalue weighted by atomic mass is 10.3. The van der Waals surface area contributed by atoms with E-state index in [1.54, 1.807) is 13.3 Å². The van der Waals surface area contributed by atoms with Crippen LogP contribution in [0.1, 0.15) is 12.1 Å². The van der Waals surface area contributed by atoms with Crippen molar-refractivity contribution in [3.05, 3.63) is 23.0 Å². The summed E-state index contributed by atoms with van der Waals surface area (Å²) in [7, 11) is 5.80.